The maximum Gasteiger partial charge on any atom is 0.330 e. The summed E-state index contributed by atoms with van der Waals surface area (Å²) < 4.78 is 0. The summed E-state index contributed by atoms with van der Waals surface area (Å²) in [5, 5.41) is 2.33. The van der Waals surface area contributed by atoms with E-state index in [0.717, 1.165) is 24.2 Å². The highest BCUT2D eigenvalue weighted by molar-refractivity contribution is 6.19. The molecule has 1 aliphatic heterocycles. The van der Waals surface area contributed by atoms with Crippen molar-refractivity contribution in [1.82, 2.24) is 10.2 Å². The van der Waals surface area contributed by atoms with Gasteiger partial charge < -0.3 is 0 Å². The molecule has 0 bridgehead atoms. The first kappa shape index (κ1) is 13.6. The Bertz CT molecular complexity index is 467. The molecular weight excluding hydrogens is 244 g/mol. The predicted molar refractivity (Wildman–Crippen MR) is 68.8 cm³/mol. The minimum Gasteiger partial charge on any atom is -0.277 e. The molecular formula is C14H18N2O3. The quantitative estimate of drug-likeness (QED) is 0.604. The van der Waals surface area contributed by atoms with Crippen molar-refractivity contribution in [2.24, 2.45) is 5.41 Å². The number of carbonyl (C=O) groups is 3. The summed E-state index contributed by atoms with van der Waals surface area (Å²) in [6.07, 6.45) is 4.28. The van der Waals surface area contributed by atoms with Crippen LogP contribution in [0.5, 0.6) is 0 Å². The van der Waals surface area contributed by atoms with Crippen LogP contribution in [0.3, 0.4) is 0 Å². The summed E-state index contributed by atoms with van der Waals surface area (Å²) in [6.45, 7) is 1.96. The van der Waals surface area contributed by atoms with Gasteiger partial charge in [0.2, 0.25) is 11.8 Å². The highest BCUT2D eigenvalue weighted by Gasteiger charge is 2.53. The van der Waals surface area contributed by atoms with Crippen LogP contribution in [-0.4, -0.2) is 29.3 Å². The predicted octanol–water partition coefficient (Wildman–Crippen LogP) is 1.43. The van der Waals surface area contributed by atoms with Crippen LogP contribution >= 0.6 is 0 Å². The third-order valence-electron chi connectivity index (χ3n) is 3.90. The van der Waals surface area contributed by atoms with Crippen LogP contribution in [0.25, 0.3) is 0 Å². The number of imide groups is 2. The molecule has 1 spiro atoms. The SMILES string of the molecule is CC#CCCN1C(=O)NC(=O)C2(CCCCC2)C1=O. The van der Waals surface area contributed by atoms with Gasteiger partial charge in [-0.05, 0) is 19.8 Å². The molecule has 4 amide bonds. The van der Waals surface area contributed by atoms with Crippen LogP contribution in [-0.2, 0) is 9.59 Å². The van der Waals surface area contributed by atoms with E-state index >= 15 is 0 Å². The van der Waals surface area contributed by atoms with Gasteiger partial charge in [0, 0.05) is 13.0 Å². The summed E-state index contributed by atoms with van der Waals surface area (Å²) in [6, 6.07) is -0.607. The number of urea groups is 1. The first-order valence-corrected chi connectivity index (χ1v) is 6.69. The lowest BCUT2D eigenvalue weighted by Gasteiger charge is -2.41. The van der Waals surface area contributed by atoms with Gasteiger partial charge in [-0.15, -0.1) is 11.8 Å². The Morgan fingerprint density at radius 3 is 2.53 bits per heavy atom. The number of amides is 4. The number of nitrogens with zero attached hydrogens (tertiary/aromatic N) is 1. The molecule has 0 aromatic heterocycles. The van der Waals surface area contributed by atoms with E-state index in [1.807, 2.05) is 0 Å². The fraction of sp³-hybridized carbons (Fsp3) is 0.643. The van der Waals surface area contributed by atoms with Crippen LogP contribution < -0.4 is 5.32 Å². The van der Waals surface area contributed by atoms with Crippen molar-refractivity contribution >= 4 is 17.8 Å². The zero-order valence-electron chi connectivity index (χ0n) is 11.1. The summed E-state index contributed by atoms with van der Waals surface area (Å²) >= 11 is 0. The molecule has 102 valence electrons. The maximum atomic E-state index is 12.5. The molecule has 19 heavy (non-hydrogen) atoms. The molecule has 0 aromatic carbocycles. The molecule has 5 heteroatoms. The van der Waals surface area contributed by atoms with Crippen molar-refractivity contribution < 1.29 is 14.4 Å². The molecule has 2 fully saturated rings. The second-order valence-electron chi connectivity index (χ2n) is 5.04. The van der Waals surface area contributed by atoms with E-state index in [1.165, 1.54) is 0 Å². The zero-order valence-corrected chi connectivity index (χ0v) is 11.1. The van der Waals surface area contributed by atoms with Crippen LogP contribution in [0.1, 0.15) is 45.4 Å². The molecule has 2 rings (SSSR count). The lowest BCUT2D eigenvalue weighted by molar-refractivity contribution is -0.153. The Balaban J connectivity index is 2.20. The molecule has 1 N–H and O–H groups in total. The number of barbiturate groups is 1. The Labute approximate surface area is 112 Å². The summed E-state index contributed by atoms with van der Waals surface area (Å²) in [7, 11) is 0. The molecule has 1 saturated carbocycles. The summed E-state index contributed by atoms with van der Waals surface area (Å²) in [5.41, 5.74) is -1.01. The fourth-order valence-corrected chi connectivity index (χ4v) is 2.82. The second-order valence-corrected chi connectivity index (χ2v) is 5.04. The van der Waals surface area contributed by atoms with Crippen molar-refractivity contribution in [1.29, 1.82) is 0 Å². The monoisotopic (exact) mass is 262 g/mol. The van der Waals surface area contributed by atoms with E-state index in [2.05, 4.69) is 17.2 Å². The normalized spacial score (nSPS) is 21.9. The standard InChI is InChI=1S/C14H18N2O3/c1-2-3-7-10-16-12(18)14(8-5-4-6-9-14)11(17)15-13(16)19/h4-10H2,1H3,(H,15,17,19). The van der Waals surface area contributed by atoms with E-state index in [1.54, 1.807) is 6.92 Å². The average Bonchev–Trinajstić information content (AvgIpc) is 2.42. The second kappa shape index (κ2) is 5.43. The highest BCUT2D eigenvalue weighted by Crippen LogP contribution is 2.40. The van der Waals surface area contributed by atoms with Gasteiger partial charge in [-0.3, -0.25) is 19.8 Å². The van der Waals surface area contributed by atoms with Crippen LogP contribution in [0.4, 0.5) is 4.79 Å². The Morgan fingerprint density at radius 2 is 1.89 bits per heavy atom. The number of hydrogen-bond donors (Lipinski definition) is 1. The largest absolute Gasteiger partial charge is 0.330 e. The van der Waals surface area contributed by atoms with E-state index in [9.17, 15) is 14.4 Å². The Morgan fingerprint density at radius 1 is 1.21 bits per heavy atom. The number of nitrogens with one attached hydrogen (secondary N) is 1. The van der Waals surface area contributed by atoms with Gasteiger partial charge in [0.25, 0.3) is 0 Å². The number of carbonyl (C=O) groups excluding carboxylic acids is 3. The number of rotatable bonds is 2. The van der Waals surface area contributed by atoms with E-state index in [0.29, 0.717) is 19.3 Å². The van der Waals surface area contributed by atoms with E-state index < -0.39 is 17.4 Å². The molecule has 5 nitrogen and oxygen atoms in total. The molecule has 0 aromatic rings. The third kappa shape index (κ3) is 2.35. The van der Waals surface area contributed by atoms with Gasteiger partial charge in [-0.25, -0.2) is 4.79 Å². The molecule has 0 atom stereocenters. The Kier molecular flexibility index (Phi) is 3.89. The third-order valence-corrected chi connectivity index (χ3v) is 3.90. The van der Waals surface area contributed by atoms with Crippen molar-refractivity contribution in [3.8, 4) is 11.8 Å². The van der Waals surface area contributed by atoms with Gasteiger partial charge in [-0.1, -0.05) is 19.3 Å². The highest BCUT2D eigenvalue weighted by atomic mass is 16.2. The minimum absolute atomic E-state index is 0.251. The van der Waals surface area contributed by atoms with Crippen LogP contribution in [0, 0.1) is 17.3 Å². The Hall–Kier alpha value is -1.83. The number of hydrogen-bond acceptors (Lipinski definition) is 3. The first-order valence-electron chi connectivity index (χ1n) is 6.69. The maximum absolute atomic E-state index is 12.5. The lowest BCUT2D eigenvalue weighted by atomic mass is 9.71. The average molecular weight is 262 g/mol. The summed E-state index contributed by atoms with van der Waals surface area (Å²) in [5.74, 6) is 4.81. The topological polar surface area (TPSA) is 66.5 Å². The molecule has 0 unspecified atom stereocenters. The summed E-state index contributed by atoms with van der Waals surface area (Å²) in [4.78, 5) is 37.5. The van der Waals surface area contributed by atoms with E-state index in [4.69, 9.17) is 0 Å². The smallest absolute Gasteiger partial charge is 0.277 e. The van der Waals surface area contributed by atoms with Crippen molar-refractivity contribution in [3.63, 3.8) is 0 Å². The van der Waals surface area contributed by atoms with Crippen molar-refractivity contribution in [3.05, 3.63) is 0 Å². The van der Waals surface area contributed by atoms with Gasteiger partial charge in [0.05, 0.1) is 0 Å². The van der Waals surface area contributed by atoms with Gasteiger partial charge in [0.1, 0.15) is 5.41 Å². The van der Waals surface area contributed by atoms with E-state index in [-0.39, 0.29) is 12.5 Å². The van der Waals surface area contributed by atoms with Gasteiger partial charge in [-0.2, -0.15) is 0 Å². The molecule has 0 radical (unpaired) electrons. The molecule has 2 aliphatic rings. The molecule has 1 aliphatic carbocycles. The molecule has 1 saturated heterocycles. The van der Waals surface area contributed by atoms with Crippen molar-refractivity contribution in [2.45, 2.75) is 45.4 Å². The van der Waals surface area contributed by atoms with Crippen LogP contribution in [0.2, 0.25) is 0 Å². The lowest BCUT2D eigenvalue weighted by Crippen LogP contribution is -2.64. The van der Waals surface area contributed by atoms with Gasteiger partial charge >= 0.3 is 6.03 Å². The zero-order chi connectivity index (χ0) is 13.9. The van der Waals surface area contributed by atoms with Gasteiger partial charge in [0.15, 0.2) is 0 Å². The van der Waals surface area contributed by atoms with Crippen LogP contribution in [0.15, 0.2) is 0 Å². The fourth-order valence-electron chi connectivity index (χ4n) is 2.82. The molecule has 1 heterocycles. The van der Waals surface area contributed by atoms with Crippen molar-refractivity contribution in [2.75, 3.05) is 6.54 Å². The minimum atomic E-state index is -1.01. The first-order chi connectivity index (χ1) is 9.12.